The fraction of sp³-hybridized carbons (Fsp3) is 0.333. The molecule has 15 nitrogen and oxygen atoms in total. The third-order valence-corrected chi connectivity index (χ3v) is 7.54. The first-order chi connectivity index (χ1) is 24.8. The summed E-state index contributed by atoms with van der Waals surface area (Å²) in [4.78, 5) is 80.1. The van der Waals surface area contributed by atoms with Gasteiger partial charge in [-0.2, -0.15) is 0 Å². The van der Waals surface area contributed by atoms with Crippen molar-refractivity contribution in [2.45, 2.75) is 52.6 Å². The van der Waals surface area contributed by atoms with E-state index in [0.717, 1.165) is 33.4 Å². The lowest BCUT2D eigenvalue weighted by Gasteiger charge is -2.31. The lowest BCUT2D eigenvalue weighted by atomic mass is 9.88. The van der Waals surface area contributed by atoms with Crippen LogP contribution < -0.4 is 16.0 Å². The van der Waals surface area contributed by atoms with E-state index < -0.39 is 23.7 Å². The van der Waals surface area contributed by atoms with Gasteiger partial charge in [-0.25, -0.2) is 43.7 Å². The lowest BCUT2D eigenvalue weighted by molar-refractivity contribution is -0.0177. The van der Waals surface area contributed by atoms with Crippen LogP contribution in [0.2, 0.25) is 0 Å². The van der Waals surface area contributed by atoms with Crippen molar-refractivity contribution >= 4 is 36.5 Å². The van der Waals surface area contributed by atoms with E-state index in [0.29, 0.717) is 6.42 Å². The number of aliphatic imine (C=N–C) groups is 3. The SMILES string of the molecule is CCC(COC(=O)NCc1cccc(CN=C=O)c1)(COC(=O)NCc1cccc(CN=C=O)c1)COC(=O)NCc1cccc(CN=C=O)c1. The third-order valence-electron chi connectivity index (χ3n) is 7.54. The molecule has 0 saturated carbocycles. The minimum absolute atomic E-state index is 0.125. The predicted octanol–water partition coefficient (Wildman–Crippen LogP) is 4.67. The van der Waals surface area contributed by atoms with Gasteiger partial charge in [-0.15, -0.1) is 0 Å². The first kappa shape index (κ1) is 39.1. The average molecular weight is 699 g/mol. The van der Waals surface area contributed by atoms with Gasteiger partial charge < -0.3 is 30.2 Å². The Balaban J connectivity index is 1.61. The first-order valence-electron chi connectivity index (χ1n) is 15.8. The molecule has 0 atom stereocenters. The maximum absolute atomic E-state index is 12.7. The second-order valence-corrected chi connectivity index (χ2v) is 11.3. The summed E-state index contributed by atoms with van der Waals surface area (Å²) >= 11 is 0. The van der Waals surface area contributed by atoms with E-state index in [1.807, 2.05) is 0 Å². The van der Waals surface area contributed by atoms with Gasteiger partial charge in [0.2, 0.25) is 18.2 Å². The number of hydrogen-bond donors (Lipinski definition) is 3. The largest absolute Gasteiger partial charge is 0.449 e. The zero-order chi connectivity index (χ0) is 36.7. The lowest BCUT2D eigenvalue weighted by Crippen LogP contribution is -2.42. The Morgan fingerprint density at radius 2 is 0.843 bits per heavy atom. The third kappa shape index (κ3) is 14.7. The number of rotatable bonds is 19. The minimum atomic E-state index is -1.11. The maximum Gasteiger partial charge on any atom is 0.407 e. The van der Waals surface area contributed by atoms with Crippen molar-refractivity contribution in [3.8, 4) is 0 Å². The summed E-state index contributed by atoms with van der Waals surface area (Å²) in [5, 5.41) is 7.96. The molecule has 0 heterocycles. The quantitative estimate of drug-likeness (QED) is 0.0903. The van der Waals surface area contributed by atoms with Crippen molar-refractivity contribution in [2.24, 2.45) is 20.4 Å². The number of amides is 3. The fourth-order valence-electron chi connectivity index (χ4n) is 4.65. The molecule has 3 rings (SSSR count). The molecule has 15 heteroatoms. The van der Waals surface area contributed by atoms with E-state index in [1.54, 1.807) is 79.7 Å². The average Bonchev–Trinajstić information content (AvgIpc) is 3.16. The molecule has 3 aromatic rings. The first-order valence-corrected chi connectivity index (χ1v) is 15.8. The molecular weight excluding hydrogens is 660 g/mol. The van der Waals surface area contributed by atoms with Gasteiger partial charge in [0.1, 0.15) is 19.8 Å². The van der Waals surface area contributed by atoms with Gasteiger partial charge in [0.05, 0.1) is 25.0 Å². The molecule has 0 aliphatic heterocycles. The highest BCUT2D eigenvalue weighted by atomic mass is 16.6. The Bertz CT molecular complexity index is 1580. The van der Waals surface area contributed by atoms with Crippen LogP contribution in [0.4, 0.5) is 14.4 Å². The Labute approximate surface area is 294 Å². The van der Waals surface area contributed by atoms with Crippen molar-refractivity contribution in [1.29, 1.82) is 0 Å². The van der Waals surface area contributed by atoms with Gasteiger partial charge in [0, 0.05) is 19.6 Å². The predicted molar refractivity (Wildman–Crippen MR) is 182 cm³/mol. The van der Waals surface area contributed by atoms with Crippen LogP contribution in [0.3, 0.4) is 0 Å². The second kappa shape index (κ2) is 21.6. The van der Waals surface area contributed by atoms with Crippen LogP contribution in [-0.4, -0.2) is 56.3 Å². The zero-order valence-electron chi connectivity index (χ0n) is 28.0. The van der Waals surface area contributed by atoms with Gasteiger partial charge in [0.15, 0.2) is 0 Å². The van der Waals surface area contributed by atoms with Gasteiger partial charge in [-0.05, 0) is 39.8 Å². The molecule has 0 aromatic heterocycles. The van der Waals surface area contributed by atoms with E-state index >= 15 is 0 Å². The maximum atomic E-state index is 12.7. The molecule has 51 heavy (non-hydrogen) atoms. The Kier molecular flexibility index (Phi) is 16.5. The Morgan fingerprint density at radius 1 is 0.549 bits per heavy atom. The highest BCUT2D eigenvalue weighted by Gasteiger charge is 2.34. The smallest absolute Gasteiger partial charge is 0.407 e. The Morgan fingerprint density at radius 3 is 1.12 bits per heavy atom. The molecule has 0 aliphatic carbocycles. The molecule has 0 radical (unpaired) electrons. The van der Waals surface area contributed by atoms with Crippen molar-refractivity contribution in [2.75, 3.05) is 19.8 Å². The number of carbonyl (C=O) groups is 3. The summed E-state index contributed by atoms with van der Waals surface area (Å²) in [7, 11) is 0. The van der Waals surface area contributed by atoms with Crippen LogP contribution in [-0.2, 0) is 67.9 Å². The summed E-state index contributed by atoms with van der Waals surface area (Å²) < 4.78 is 16.5. The van der Waals surface area contributed by atoms with E-state index in [1.165, 1.54) is 18.2 Å². The van der Waals surface area contributed by atoms with E-state index in [4.69, 9.17) is 14.2 Å². The van der Waals surface area contributed by atoms with E-state index in [2.05, 4.69) is 30.9 Å². The molecule has 0 fully saturated rings. The highest BCUT2D eigenvalue weighted by Crippen LogP contribution is 2.25. The molecule has 0 saturated heterocycles. The number of carbonyl (C=O) groups excluding carboxylic acids is 6. The number of benzene rings is 3. The number of alkyl carbamates (subject to hydrolysis) is 3. The van der Waals surface area contributed by atoms with Crippen molar-refractivity contribution in [1.82, 2.24) is 16.0 Å². The highest BCUT2D eigenvalue weighted by molar-refractivity contribution is 5.68. The Hall–Kier alpha value is -6.39. The molecule has 3 N–H and O–H groups in total. The van der Waals surface area contributed by atoms with Gasteiger partial charge in [-0.1, -0.05) is 79.7 Å². The van der Waals surface area contributed by atoms with Crippen LogP contribution in [0.5, 0.6) is 0 Å². The molecule has 3 amide bonds. The second-order valence-electron chi connectivity index (χ2n) is 11.3. The zero-order valence-corrected chi connectivity index (χ0v) is 28.0. The molecule has 0 aliphatic rings. The molecule has 266 valence electrons. The molecule has 3 aromatic carbocycles. The summed E-state index contributed by atoms with van der Waals surface area (Å²) in [6, 6.07) is 21.4. The monoisotopic (exact) mass is 698 g/mol. The summed E-state index contributed by atoms with van der Waals surface area (Å²) in [5.74, 6) is 0. The molecular formula is C36H38N6O9. The van der Waals surface area contributed by atoms with Crippen molar-refractivity contribution < 1.29 is 43.0 Å². The van der Waals surface area contributed by atoms with Crippen LogP contribution in [0.15, 0.2) is 87.8 Å². The standard InChI is InChI=1S/C36H38N6O9/c1-2-36(21-49-33(46)40-18-30-9-3-6-27(12-30)15-37-24-43,22-50-34(47)41-19-31-10-4-7-28(13-31)16-38-25-44)23-51-35(48)42-20-32-11-5-8-29(14-32)17-39-26-45/h3-14H,2,15-23H2,1H3,(H,40,46)(H,41,47)(H,42,48). The topological polar surface area (TPSA) is 203 Å². The minimum Gasteiger partial charge on any atom is -0.449 e. The van der Waals surface area contributed by atoms with E-state index in [9.17, 15) is 28.8 Å². The molecule has 0 unspecified atom stereocenters. The summed E-state index contributed by atoms with van der Waals surface area (Å²) in [6.07, 6.45) is 2.49. The molecule has 0 spiro atoms. The van der Waals surface area contributed by atoms with Crippen LogP contribution in [0, 0.1) is 5.41 Å². The number of ether oxygens (including phenoxy) is 3. The summed E-state index contributed by atoms with van der Waals surface area (Å²) in [6.45, 7) is 1.85. The van der Waals surface area contributed by atoms with Crippen molar-refractivity contribution in [3.63, 3.8) is 0 Å². The number of nitrogens with zero attached hydrogens (tertiary/aromatic N) is 3. The van der Waals surface area contributed by atoms with Gasteiger partial charge >= 0.3 is 18.3 Å². The number of hydrogen-bond acceptors (Lipinski definition) is 12. The van der Waals surface area contributed by atoms with Crippen LogP contribution in [0.25, 0.3) is 0 Å². The molecule has 0 bridgehead atoms. The van der Waals surface area contributed by atoms with Crippen molar-refractivity contribution in [3.05, 3.63) is 106 Å². The van der Waals surface area contributed by atoms with Crippen LogP contribution >= 0.6 is 0 Å². The number of nitrogens with one attached hydrogen (secondary N) is 3. The van der Waals surface area contributed by atoms with Gasteiger partial charge in [-0.3, -0.25) is 0 Å². The number of isocyanates is 3. The normalized spacial score (nSPS) is 11.2. The fourth-order valence-corrected chi connectivity index (χ4v) is 4.65. The van der Waals surface area contributed by atoms with Crippen LogP contribution in [0.1, 0.15) is 46.7 Å². The van der Waals surface area contributed by atoms with E-state index in [-0.39, 0.29) is 59.1 Å². The summed E-state index contributed by atoms with van der Waals surface area (Å²) in [5.41, 5.74) is 3.42. The van der Waals surface area contributed by atoms with Gasteiger partial charge in [0.25, 0.3) is 0 Å².